The third-order valence-corrected chi connectivity index (χ3v) is 6.40. The molecule has 0 bridgehead atoms. The predicted octanol–water partition coefficient (Wildman–Crippen LogP) is 2.89. The summed E-state index contributed by atoms with van der Waals surface area (Å²) in [5.41, 5.74) is -0.0481. The van der Waals surface area contributed by atoms with E-state index in [1.165, 1.54) is 0 Å². The minimum atomic E-state index is -0.595. The highest BCUT2D eigenvalue weighted by Gasteiger charge is 2.68. The highest BCUT2D eigenvalue weighted by Crippen LogP contribution is 2.65. The number of benzene rings is 1. The van der Waals surface area contributed by atoms with Crippen LogP contribution >= 0.6 is 0 Å². The van der Waals surface area contributed by atoms with Crippen LogP contribution in [0.25, 0.3) is 0 Å². The largest absolute Gasteiger partial charge is 0.509 e. The second-order valence-corrected chi connectivity index (χ2v) is 8.31. The zero-order valence-electron chi connectivity index (χ0n) is 15.5. The normalized spacial score (nSPS) is 28.4. The predicted molar refractivity (Wildman–Crippen MR) is 94.0 cm³/mol. The van der Waals surface area contributed by atoms with Gasteiger partial charge in [0.05, 0.1) is 12.5 Å². The van der Waals surface area contributed by atoms with Gasteiger partial charge in [0.15, 0.2) is 5.60 Å². The van der Waals surface area contributed by atoms with E-state index in [9.17, 15) is 9.59 Å². The van der Waals surface area contributed by atoms with Crippen molar-refractivity contribution in [2.24, 2.45) is 5.41 Å². The number of piperidine rings is 1. The van der Waals surface area contributed by atoms with Gasteiger partial charge in [-0.25, -0.2) is 4.79 Å². The van der Waals surface area contributed by atoms with Gasteiger partial charge in [0.1, 0.15) is 12.4 Å². The maximum absolute atomic E-state index is 13.5. The van der Waals surface area contributed by atoms with Crippen molar-refractivity contribution in [1.82, 2.24) is 4.90 Å². The summed E-state index contributed by atoms with van der Waals surface area (Å²) in [5, 5.41) is 0. The summed E-state index contributed by atoms with van der Waals surface area (Å²) in [5.74, 6) is 0.963. The highest BCUT2D eigenvalue weighted by atomic mass is 16.8. The average molecular weight is 359 g/mol. The van der Waals surface area contributed by atoms with Crippen molar-refractivity contribution in [3.05, 3.63) is 29.8 Å². The molecule has 2 saturated heterocycles. The molecular weight excluding hydrogens is 334 g/mol. The maximum atomic E-state index is 13.5. The molecule has 2 heterocycles. The van der Waals surface area contributed by atoms with Crippen molar-refractivity contribution in [2.45, 2.75) is 44.1 Å². The molecule has 26 heavy (non-hydrogen) atoms. The van der Waals surface area contributed by atoms with Crippen molar-refractivity contribution < 1.29 is 23.8 Å². The third-order valence-electron chi connectivity index (χ3n) is 6.40. The Morgan fingerprint density at radius 2 is 1.77 bits per heavy atom. The van der Waals surface area contributed by atoms with Crippen molar-refractivity contribution >= 4 is 12.1 Å². The van der Waals surface area contributed by atoms with E-state index in [0.717, 1.165) is 17.7 Å². The molecule has 4 rings (SSSR count). The topological polar surface area (TPSA) is 65.1 Å². The lowest BCUT2D eigenvalue weighted by molar-refractivity contribution is -0.138. The van der Waals surface area contributed by atoms with Gasteiger partial charge < -0.3 is 19.1 Å². The molecule has 2 aliphatic heterocycles. The molecule has 1 spiro atoms. The van der Waals surface area contributed by atoms with Crippen molar-refractivity contribution in [2.75, 3.05) is 26.8 Å². The number of rotatable bonds is 3. The summed E-state index contributed by atoms with van der Waals surface area (Å²) in [4.78, 5) is 26.7. The molecule has 3 aliphatic rings. The van der Waals surface area contributed by atoms with Crippen LogP contribution in [0.3, 0.4) is 0 Å². The van der Waals surface area contributed by atoms with Gasteiger partial charge >= 0.3 is 6.16 Å². The second kappa shape index (κ2) is 5.63. The smallest absolute Gasteiger partial charge is 0.497 e. The fourth-order valence-electron chi connectivity index (χ4n) is 4.54. The summed E-state index contributed by atoms with van der Waals surface area (Å²) in [6, 6.07) is 7.84. The minimum Gasteiger partial charge on any atom is -0.497 e. The molecule has 0 radical (unpaired) electrons. The van der Waals surface area contributed by atoms with Crippen molar-refractivity contribution in [1.29, 1.82) is 0 Å². The van der Waals surface area contributed by atoms with Gasteiger partial charge in [-0.05, 0) is 29.5 Å². The highest BCUT2D eigenvalue weighted by molar-refractivity contribution is 5.93. The molecule has 1 aromatic rings. The first-order valence-electron chi connectivity index (χ1n) is 9.12. The zero-order valence-corrected chi connectivity index (χ0v) is 15.5. The van der Waals surface area contributed by atoms with Crippen LogP contribution in [0.4, 0.5) is 4.79 Å². The molecule has 6 nitrogen and oxygen atoms in total. The van der Waals surface area contributed by atoms with Crippen LogP contribution in [0.2, 0.25) is 0 Å². The number of likely N-dealkylation sites (tertiary alicyclic amines) is 1. The van der Waals surface area contributed by atoms with E-state index in [2.05, 4.69) is 13.8 Å². The summed E-state index contributed by atoms with van der Waals surface area (Å²) >= 11 is 0. The molecular formula is C20H25NO5. The Kier molecular flexibility index (Phi) is 3.72. The van der Waals surface area contributed by atoms with Gasteiger partial charge in [-0.3, -0.25) is 4.79 Å². The van der Waals surface area contributed by atoms with Gasteiger partial charge in [0.25, 0.3) is 0 Å². The molecule has 3 fully saturated rings. The summed E-state index contributed by atoms with van der Waals surface area (Å²) < 4.78 is 15.6. The monoisotopic (exact) mass is 359 g/mol. The van der Waals surface area contributed by atoms with E-state index in [1.807, 2.05) is 29.2 Å². The van der Waals surface area contributed by atoms with Crippen LogP contribution in [-0.2, 0) is 19.7 Å². The zero-order chi connectivity index (χ0) is 18.6. The third kappa shape index (κ3) is 2.46. The first-order valence-corrected chi connectivity index (χ1v) is 9.12. The average Bonchev–Trinajstić information content (AvgIpc) is 3.06. The molecule has 1 amide bonds. The van der Waals surface area contributed by atoms with E-state index in [4.69, 9.17) is 14.2 Å². The van der Waals surface area contributed by atoms with Crippen LogP contribution in [0.5, 0.6) is 5.75 Å². The number of carbonyl (C=O) groups is 2. The summed E-state index contributed by atoms with van der Waals surface area (Å²) in [7, 11) is 1.64. The quantitative estimate of drug-likeness (QED) is 0.777. The number of ether oxygens (including phenoxy) is 3. The van der Waals surface area contributed by atoms with Crippen LogP contribution < -0.4 is 4.74 Å². The second-order valence-electron chi connectivity index (χ2n) is 8.31. The van der Waals surface area contributed by atoms with Gasteiger partial charge in [0.2, 0.25) is 5.91 Å². The fourth-order valence-corrected chi connectivity index (χ4v) is 4.54. The number of hydrogen-bond donors (Lipinski definition) is 0. The van der Waals surface area contributed by atoms with Crippen LogP contribution in [0, 0.1) is 5.41 Å². The Bertz CT molecular complexity index is 733. The number of carbonyl (C=O) groups excluding carboxylic acids is 2. The van der Waals surface area contributed by atoms with Gasteiger partial charge in [-0.15, -0.1) is 0 Å². The SMILES string of the molecule is COc1ccc([C@@]2(C(=O)N3CCC4(CC3)COC(=O)O4)CC2(C)C)cc1. The Morgan fingerprint density at radius 1 is 1.15 bits per heavy atom. The molecule has 140 valence electrons. The summed E-state index contributed by atoms with van der Waals surface area (Å²) in [6.45, 7) is 5.76. The Balaban J connectivity index is 1.53. The van der Waals surface area contributed by atoms with Gasteiger partial charge in [0, 0.05) is 25.9 Å². The Morgan fingerprint density at radius 3 is 2.23 bits per heavy atom. The minimum absolute atomic E-state index is 0.0727. The molecule has 1 saturated carbocycles. The number of cyclic esters (lactones) is 1. The lowest BCUT2D eigenvalue weighted by atomic mass is 9.84. The van der Waals surface area contributed by atoms with Crippen LogP contribution in [0.1, 0.15) is 38.7 Å². The molecule has 1 atom stereocenters. The van der Waals surface area contributed by atoms with E-state index < -0.39 is 17.2 Å². The number of nitrogens with zero attached hydrogens (tertiary/aromatic N) is 1. The molecule has 0 unspecified atom stereocenters. The molecule has 0 N–H and O–H groups in total. The van der Waals surface area contributed by atoms with E-state index in [-0.39, 0.29) is 11.3 Å². The maximum Gasteiger partial charge on any atom is 0.509 e. The fraction of sp³-hybridized carbons (Fsp3) is 0.600. The van der Waals surface area contributed by atoms with Crippen LogP contribution in [0.15, 0.2) is 24.3 Å². The molecule has 1 aromatic carbocycles. The molecule has 0 aromatic heterocycles. The first kappa shape index (κ1) is 17.2. The van der Waals surface area contributed by atoms with Crippen molar-refractivity contribution in [3.63, 3.8) is 0 Å². The van der Waals surface area contributed by atoms with Crippen molar-refractivity contribution in [3.8, 4) is 5.75 Å². The number of amides is 1. The standard InChI is InChI=1S/C20H25NO5/c1-18(2)12-20(18,14-4-6-15(24-3)7-5-14)16(22)21-10-8-19(9-11-21)13-25-17(23)26-19/h4-7H,8-13H2,1-3H3/t20-/m1/s1. The number of methoxy groups -OCH3 is 1. The van der Waals surface area contributed by atoms with E-state index in [1.54, 1.807) is 7.11 Å². The molecule has 1 aliphatic carbocycles. The Hall–Kier alpha value is -2.24. The molecule has 6 heteroatoms. The summed E-state index contributed by atoms with van der Waals surface area (Å²) in [6.07, 6.45) is 1.50. The number of hydrogen-bond acceptors (Lipinski definition) is 5. The van der Waals surface area contributed by atoms with E-state index >= 15 is 0 Å². The van der Waals surface area contributed by atoms with E-state index in [0.29, 0.717) is 32.5 Å². The van der Waals surface area contributed by atoms with Gasteiger partial charge in [-0.2, -0.15) is 0 Å². The lowest BCUT2D eigenvalue weighted by Crippen LogP contribution is -2.51. The van der Waals surface area contributed by atoms with Crippen LogP contribution in [-0.4, -0.2) is 49.4 Å². The lowest BCUT2D eigenvalue weighted by Gasteiger charge is -2.38. The Labute approximate surface area is 153 Å². The first-order chi connectivity index (χ1) is 12.3. The van der Waals surface area contributed by atoms with Gasteiger partial charge in [-0.1, -0.05) is 26.0 Å².